The van der Waals surface area contributed by atoms with Crippen molar-refractivity contribution in [1.29, 1.82) is 0 Å². The fourth-order valence-corrected chi connectivity index (χ4v) is 4.29. The SMILES string of the molecule is CC(C)[C@H](NC(=O)N1CCCCC1)c1nnc(S(=O)(=O)Cc2ccccc2)o1. The molecule has 9 heteroatoms. The first-order valence-electron chi connectivity index (χ1n) is 9.52. The largest absolute Gasteiger partial charge is 0.410 e. The number of nitrogens with one attached hydrogen (secondary N) is 1. The number of nitrogens with zero attached hydrogens (tertiary/aromatic N) is 3. The highest BCUT2D eigenvalue weighted by Gasteiger charge is 2.30. The molecule has 1 aliphatic heterocycles. The Morgan fingerprint density at radius 2 is 1.82 bits per heavy atom. The van der Waals surface area contributed by atoms with Gasteiger partial charge < -0.3 is 14.6 Å². The number of amides is 2. The van der Waals surface area contributed by atoms with Gasteiger partial charge in [0.15, 0.2) is 0 Å². The number of sulfone groups is 1. The van der Waals surface area contributed by atoms with Gasteiger partial charge in [-0.25, -0.2) is 13.2 Å². The van der Waals surface area contributed by atoms with Crippen LogP contribution >= 0.6 is 0 Å². The summed E-state index contributed by atoms with van der Waals surface area (Å²) in [6, 6.07) is 8.08. The third-order valence-corrected chi connectivity index (χ3v) is 6.15. The molecule has 2 aromatic rings. The molecule has 1 N–H and O–H groups in total. The van der Waals surface area contributed by atoms with Crippen molar-refractivity contribution < 1.29 is 17.6 Å². The van der Waals surface area contributed by atoms with E-state index in [4.69, 9.17) is 4.42 Å². The summed E-state index contributed by atoms with van der Waals surface area (Å²) in [5.74, 6) is -0.159. The van der Waals surface area contributed by atoms with Crippen LogP contribution in [0, 0.1) is 5.92 Å². The summed E-state index contributed by atoms with van der Waals surface area (Å²) in [5.41, 5.74) is 0.640. The highest BCUT2D eigenvalue weighted by molar-refractivity contribution is 7.90. The predicted octanol–water partition coefficient (Wildman–Crippen LogP) is 2.94. The zero-order chi connectivity index (χ0) is 20.1. The lowest BCUT2D eigenvalue weighted by atomic mass is 10.0. The van der Waals surface area contributed by atoms with Crippen molar-refractivity contribution in [1.82, 2.24) is 20.4 Å². The standard InChI is InChI=1S/C19H26N4O4S/c1-14(2)16(20-18(24)23-11-7-4-8-12-23)17-21-22-19(27-17)28(25,26)13-15-9-5-3-6-10-15/h3,5-6,9-10,14,16H,4,7-8,11-13H2,1-2H3,(H,20,24)/t16-/m0/s1. The monoisotopic (exact) mass is 406 g/mol. The second kappa shape index (κ2) is 8.72. The number of aromatic nitrogens is 2. The van der Waals surface area contributed by atoms with Gasteiger partial charge in [0.05, 0.1) is 5.75 Å². The molecular weight excluding hydrogens is 380 g/mol. The molecule has 0 aliphatic carbocycles. The van der Waals surface area contributed by atoms with E-state index in [1.807, 2.05) is 19.9 Å². The summed E-state index contributed by atoms with van der Waals surface area (Å²) in [7, 11) is -3.76. The molecule has 1 aromatic heterocycles. The molecule has 152 valence electrons. The van der Waals surface area contributed by atoms with E-state index in [9.17, 15) is 13.2 Å². The molecule has 3 rings (SSSR count). The van der Waals surface area contributed by atoms with Gasteiger partial charge in [-0.05, 0) is 30.7 Å². The van der Waals surface area contributed by atoms with E-state index >= 15 is 0 Å². The molecule has 1 fully saturated rings. The maximum absolute atomic E-state index is 12.6. The van der Waals surface area contributed by atoms with Crippen molar-refractivity contribution in [2.45, 2.75) is 50.1 Å². The number of hydrogen-bond donors (Lipinski definition) is 1. The Kier molecular flexibility index (Phi) is 6.33. The first-order valence-corrected chi connectivity index (χ1v) is 11.2. The minimum atomic E-state index is -3.76. The van der Waals surface area contributed by atoms with Crippen molar-refractivity contribution in [3.8, 4) is 0 Å². The lowest BCUT2D eigenvalue weighted by molar-refractivity contribution is 0.175. The highest BCUT2D eigenvalue weighted by atomic mass is 32.2. The third kappa shape index (κ3) is 4.89. The number of carbonyl (C=O) groups excluding carboxylic acids is 1. The van der Waals surface area contributed by atoms with Crippen molar-refractivity contribution in [2.75, 3.05) is 13.1 Å². The fraction of sp³-hybridized carbons (Fsp3) is 0.526. The summed E-state index contributed by atoms with van der Waals surface area (Å²) >= 11 is 0. The summed E-state index contributed by atoms with van der Waals surface area (Å²) in [4.78, 5) is 14.3. The third-order valence-electron chi connectivity index (χ3n) is 4.74. The molecule has 1 aromatic carbocycles. The Morgan fingerprint density at radius 3 is 2.46 bits per heavy atom. The predicted molar refractivity (Wildman–Crippen MR) is 103 cm³/mol. The van der Waals surface area contributed by atoms with E-state index in [2.05, 4.69) is 15.5 Å². The number of benzene rings is 1. The quantitative estimate of drug-likeness (QED) is 0.791. The minimum Gasteiger partial charge on any atom is -0.410 e. The Balaban J connectivity index is 1.74. The summed E-state index contributed by atoms with van der Waals surface area (Å²) in [5, 5.41) is 10.1. The highest BCUT2D eigenvalue weighted by Crippen LogP contribution is 2.24. The van der Waals surface area contributed by atoms with E-state index in [0.717, 1.165) is 32.4 Å². The summed E-state index contributed by atoms with van der Waals surface area (Å²) in [6.45, 7) is 5.25. The van der Waals surface area contributed by atoms with Crippen molar-refractivity contribution in [3.05, 3.63) is 41.8 Å². The molecule has 28 heavy (non-hydrogen) atoms. The van der Waals surface area contributed by atoms with E-state index < -0.39 is 21.1 Å². The number of carbonyl (C=O) groups is 1. The average molecular weight is 407 g/mol. The van der Waals surface area contributed by atoms with Crippen molar-refractivity contribution in [2.24, 2.45) is 5.92 Å². The van der Waals surface area contributed by atoms with Gasteiger partial charge in [-0.3, -0.25) is 0 Å². The van der Waals surface area contributed by atoms with Crippen LogP contribution in [0.1, 0.15) is 50.6 Å². The molecule has 1 atom stereocenters. The molecule has 1 aliphatic rings. The van der Waals surface area contributed by atoms with Gasteiger partial charge in [-0.1, -0.05) is 49.3 Å². The molecule has 0 bridgehead atoms. The molecule has 2 heterocycles. The van der Waals surface area contributed by atoms with E-state index in [1.165, 1.54) is 0 Å². The molecule has 0 saturated carbocycles. The van der Waals surface area contributed by atoms with Gasteiger partial charge in [0, 0.05) is 13.1 Å². The van der Waals surface area contributed by atoms with Crippen LogP contribution in [-0.2, 0) is 15.6 Å². The van der Waals surface area contributed by atoms with E-state index in [-0.39, 0.29) is 23.6 Å². The molecule has 0 radical (unpaired) electrons. The minimum absolute atomic E-state index is 0.0427. The van der Waals surface area contributed by atoms with Gasteiger partial charge in [-0.15, -0.1) is 5.10 Å². The molecule has 1 saturated heterocycles. The number of likely N-dealkylation sites (tertiary alicyclic amines) is 1. The van der Waals surface area contributed by atoms with Crippen molar-refractivity contribution >= 4 is 15.9 Å². The Bertz CT molecular complexity index is 890. The van der Waals surface area contributed by atoms with Crippen molar-refractivity contribution in [3.63, 3.8) is 0 Å². The number of piperidine rings is 1. The van der Waals surface area contributed by atoms with Gasteiger partial charge in [0.1, 0.15) is 6.04 Å². The van der Waals surface area contributed by atoms with Crippen LogP contribution in [0.5, 0.6) is 0 Å². The van der Waals surface area contributed by atoms with Crippen LogP contribution in [0.4, 0.5) is 4.79 Å². The maximum atomic E-state index is 12.6. The molecule has 0 unspecified atom stereocenters. The molecule has 8 nitrogen and oxygen atoms in total. The van der Waals surface area contributed by atoms with Crippen LogP contribution in [0.25, 0.3) is 0 Å². The van der Waals surface area contributed by atoms with Gasteiger partial charge >= 0.3 is 11.3 Å². The normalized spacial score (nSPS) is 16.2. The maximum Gasteiger partial charge on any atom is 0.335 e. The topological polar surface area (TPSA) is 105 Å². The number of rotatable bonds is 6. The Hall–Kier alpha value is -2.42. The first-order chi connectivity index (χ1) is 13.4. The van der Waals surface area contributed by atoms with E-state index in [1.54, 1.807) is 29.2 Å². The number of urea groups is 1. The van der Waals surface area contributed by atoms with Gasteiger partial charge in [-0.2, -0.15) is 0 Å². The lowest BCUT2D eigenvalue weighted by Gasteiger charge is -2.29. The number of hydrogen-bond acceptors (Lipinski definition) is 6. The Labute approximate surface area is 165 Å². The fourth-order valence-electron chi connectivity index (χ4n) is 3.16. The smallest absolute Gasteiger partial charge is 0.335 e. The van der Waals surface area contributed by atoms with Crippen LogP contribution in [-0.4, -0.2) is 42.6 Å². The second-order valence-corrected chi connectivity index (χ2v) is 9.24. The Morgan fingerprint density at radius 1 is 1.14 bits per heavy atom. The lowest BCUT2D eigenvalue weighted by Crippen LogP contribution is -2.45. The van der Waals surface area contributed by atoms with Gasteiger partial charge in [0.25, 0.3) is 0 Å². The zero-order valence-corrected chi connectivity index (χ0v) is 17.0. The molecule has 2 amide bonds. The second-order valence-electron chi connectivity index (χ2n) is 7.37. The van der Waals surface area contributed by atoms with Crippen LogP contribution in [0.3, 0.4) is 0 Å². The first kappa shape index (κ1) is 20.3. The zero-order valence-electron chi connectivity index (χ0n) is 16.2. The van der Waals surface area contributed by atoms with Gasteiger partial charge in [0.2, 0.25) is 15.7 Å². The average Bonchev–Trinajstić information content (AvgIpc) is 3.17. The summed E-state index contributed by atoms with van der Waals surface area (Å²) in [6.07, 6.45) is 3.11. The molecule has 0 spiro atoms. The molecular formula is C19H26N4O4S. The van der Waals surface area contributed by atoms with Crippen LogP contribution < -0.4 is 5.32 Å². The van der Waals surface area contributed by atoms with Crippen LogP contribution in [0.15, 0.2) is 40.0 Å². The van der Waals surface area contributed by atoms with Crippen LogP contribution in [0.2, 0.25) is 0 Å². The summed E-state index contributed by atoms with van der Waals surface area (Å²) < 4.78 is 30.7. The van der Waals surface area contributed by atoms with E-state index in [0.29, 0.717) is 5.56 Å².